The van der Waals surface area contributed by atoms with Crippen LogP contribution >= 0.6 is 23.4 Å². The minimum Gasteiger partial charge on any atom is -0.491 e. The summed E-state index contributed by atoms with van der Waals surface area (Å²) in [7, 11) is 9.45. The predicted octanol–water partition coefficient (Wildman–Crippen LogP) is 6.67. The third kappa shape index (κ3) is 5.86. The van der Waals surface area contributed by atoms with Crippen LogP contribution in [0.15, 0.2) is 35.2 Å². The second-order valence-electron chi connectivity index (χ2n) is 12.9. The molecule has 10 nitrogen and oxygen atoms in total. The molecule has 1 N–H and O–H groups in total. The number of rotatable bonds is 1. The van der Waals surface area contributed by atoms with Crippen LogP contribution in [0.5, 0.6) is 5.75 Å². The molecule has 0 aliphatic carbocycles. The molecule has 12 heteroatoms. The highest BCUT2D eigenvalue weighted by Gasteiger charge is 2.28. The fourth-order valence-corrected chi connectivity index (χ4v) is 8.60. The Morgan fingerprint density at radius 1 is 1.02 bits per heavy atom. The van der Waals surface area contributed by atoms with Gasteiger partial charge in [0, 0.05) is 73.6 Å². The van der Waals surface area contributed by atoms with Crippen LogP contribution < -0.4 is 10.1 Å². The van der Waals surface area contributed by atoms with Gasteiger partial charge in [0.1, 0.15) is 11.4 Å². The van der Waals surface area contributed by atoms with E-state index in [0.29, 0.717) is 43.3 Å². The van der Waals surface area contributed by atoms with Crippen molar-refractivity contribution in [2.24, 2.45) is 21.1 Å². The Morgan fingerprint density at radius 2 is 1.85 bits per heavy atom. The van der Waals surface area contributed by atoms with E-state index in [2.05, 4.69) is 35.5 Å². The lowest BCUT2D eigenvalue weighted by Crippen LogP contribution is -2.20. The molecule has 0 amide bonds. The Bertz CT molecular complexity index is 2050. The van der Waals surface area contributed by atoms with E-state index in [1.807, 2.05) is 65.9 Å². The van der Waals surface area contributed by atoms with Gasteiger partial charge >= 0.3 is 5.97 Å². The molecule has 7 rings (SSSR count). The number of aromatic nitrogens is 5. The number of fused-ring (bicyclic) bond motifs is 8. The Hall–Kier alpha value is -3.93. The zero-order valence-corrected chi connectivity index (χ0v) is 30.0. The van der Waals surface area contributed by atoms with Crippen LogP contribution in [-0.4, -0.2) is 62.3 Å². The number of esters is 1. The highest BCUT2D eigenvalue weighted by molar-refractivity contribution is 7.98. The van der Waals surface area contributed by atoms with Gasteiger partial charge in [-0.1, -0.05) is 17.7 Å². The summed E-state index contributed by atoms with van der Waals surface area (Å²) in [4.78, 5) is 16.8. The lowest BCUT2D eigenvalue weighted by atomic mass is 9.98. The number of halogens is 1. The van der Waals surface area contributed by atoms with Crippen molar-refractivity contribution >= 4 is 45.9 Å². The van der Waals surface area contributed by atoms with Gasteiger partial charge in [0.25, 0.3) is 0 Å². The van der Waals surface area contributed by atoms with Crippen LogP contribution in [0.2, 0.25) is 5.02 Å². The van der Waals surface area contributed by atoms with E-state index >= 15 is 0 Å². The first-order valence-electron chi connectivity index (χ1n) is 16.4. The van der Waals surface area contributed by atoms with Crippen molar-refractivity contribution in [2.45, 2.75) is 56.3 Å². The molecule has 0 saturated carbocycles. The molecule has 8 bridgehead atoms. The van der Waals surface area contributed by atoms with Gasteiger partial charge in [-0.15, -0.1) is 11.8 Å². The van der Waals surface area contributed by atoms with E-state index in [-0.39, 0.29) is 5.97 Å². The number of benzene rings is 2. The first kappa shape index (κ1) is 32.6. The molecular weight excluding hydrogens is 646 g/mol. The topological polar surface area (TPSA) is 91.4 Å². The fraction of sp³-hybridized carbons (Fsp3) is 0.417. The Balaban J connectivity index is 1.37. The van der Waals surface area contributed by atoms with Crippen molar-refractivity contribution < 1.29 is 14.3 Å². The number of methoxy groups -OCH3 is 1. The molecule has 0 spiro atoms. The average Bonchev–Trinajstić information content (AvgIpc) is 3.65. The molecule has 252 valence electrons. The number of nitrogens with one attached hydrogen (secondary N) is 1. The average molecular weight is 688 g/mol. The smallest absolute Gasteiger partial charge is 0.354 e. The third-order valence-corrected chi connectivity index (χ3v) is 10.9. The third-order valence-electron chi connectivity index (χ3n) is 9.55. The molecule has 0 atom stereocenters. The van der Waals surface area contributed by atoms with Crippen molar-refractivity contribution in [1.82, 2.24) is 29.0 Å². The molecule has 5 aromatic rings. The van der Waals surface area contributed by atoms with Crippen molar-refractivity contribution in [3.8, 4) is 16.9 Å². The van der Waals surface area contributed by atoms with Crippen LogP contribution in [0, 0.1) is 6.92 Å². The number of carbonyl (C=O) groups excluding carboxylic acids is 1. The second kappa shape index (κ2) is 13.2. The van der Waals surface area contributed by atoms with E-state index in [9.17, 15) is 4.79 Å². The summed E-state index contributed by atoms with van der Waals surface area (Å²) in [6.07, 6.45) is 3.47. The van der Waals surface area contributed by atoms with Gasteiger partial charge < -0.3 is 19.4 Å². The molecule has 0 unspecified atom stereocenters. The summed E-state index contributed by atoms with van der Waals surface area (Å²) in [5.74, 6) is 1.31. The molecule has 48 heavy (non-hydrogen) atoms. The van der Waals surface area contributed by atoms with Crippen LogP contribution in [0.3, 0.4) is 0 Å². The molecule has 3 aromatic heterocycles. The molecule has 0 saturated heterocycles. The summed E-state index contributed by atoms with van der Waals surface area (Å²) in [5, 5.41) is 14.9. The van der Waals surface area contributed by atoms with Gasteiger partial charge in [-0.2, -0.15) is 10.2 Å². The summed E-state index contributed by atoms with van der Waals surface area (Å²) in [6, 6.07) is 10.6. The molecule has 5 heterocycles. The second-order valence-corrected chi connectivity index (χ2v) is 14.3. The number of hydrogen-bond acceptors (Lipinski definition) is 8. The Morgan fingerprint density at radius 3 is 2.67 bits per heavy atom. The zero-order valence-electron chi connectivity index (χ0n) is 28.4. The summed E-state index contributed by atoms with van der Waals surface area (Å²) >= 11 is 8.89. The lowest BCUT2D eigenvalue weighted by Gasteiger charge is -2.22. The molecule has 0 radical (unpaired) electrons. The summed E-state index contributed by atoms with van der Waals surface area (Å²) < 4.78 is 17.7. The van der Waals surface area contributed by atoms with Gasteiger partial charge in [0.2, 0.25) is 0 Å². The standard InChI is InChI=1S/C36H42ClN7O3S/c1-21-31-29(44(5)39-21)19-41(2)18-23-16-24(43(4)40-23)20-48-25-15-22-9-7-13-38-33(22)30(17-25)47-14-8-10-26-27-11-12-28(37)32(31)34(27)42(3)35(26)36(45)46-6/h11-12,15-17,38H,7-10,13-14,18-20H2,1-6H3. The lowest BCUT2D eigenvalue weighted by molar-refractivity contribution is 0.0589. The molecule has 2 aliphatic heterocycles. The number of aryl methyl sites for hydroxylation is 6. The Labute approximate surface area is 290 Å². The zero-order chi connectivity index (χ0) is 33.7. The normalized spacial score (nSPS) is 15.7. The van der Waals surface area contributed by atoms with Gasteiger partial charge in [-0.05, 0) is 75.0 Å². The Kier molecular flexibility index (Phi) is 8.95. The number of thioether (sulfide) groups is 1. The SMILES string of the molecule is COC(=O)c1c2c3ccc(Cl)c(c3n1C)-c1c(C)nn(C)c1CN(C)Cc1cc(n(C)n1)CSc1cc3c(c(c1)OCCC2)NCCC3. The molecule has 2 aliphatic rings. The molecule has 2 aromatic carbocycles. The minimum atomic E-state index is -0.373. The number of anilines is 1. The van der Waals surface area contributed by atoms with E-state index in [1.54, 1.807) is 0 Å². The van der Waals surface area contributed by atoms with E-state index in [1.165, 1.54) is 23.3 Å². The number of nitrogens with zero attached hydrogens (tertiary/aromatic N) is 6. The molecular formula is C36H42ClN7O3S. The van der Waals surface area contributed by atoms with E-state index in [0.717, 1.165) is 81.3 Å². The van der Waals surface area contributed by atoms with Crippen LogP contribution in [0.25, 0.3) is 22.0 Å². The van der Waals surface area contributed by atoms with Gasteiger partial charge in [-0.3, -0.25) is 14.3 Å². The summed E-state index contributed by atoms with van der Waals surface area (Å²) in [5.41, 5.74) is 10.7. The van der Waals surface area contributed by atoms with Crippen LogP contribution in [0.4, 0.5) is 5.69 Å². The van der Waals surface area contributed by atoms with Gasteiger partial charge in [-0.25, -0.2) is 4.79 Å². The maximum Gasteiger partial charge on any atom is 0.354 e. The number of carbonyl (C=O) groups is 1. The number of ether oxygens (including phenoxy) is 2. The van der Waals surface area contributed by atoms with Gasteiger partial charge in [0.15, 0.2) is 0 Å². The first-order chi connectivity index (χ1) is 23.1. The van der Waals surface area contributed by atoms with Crippen molar-refractivity contribution in [3.63, 3.8) is 0 Å². The maximum atomic E-state index is 13.4. The molecule has 0 fully saturated rings. The fourth-order valence-electron chi connectivity index (χ4n) is 7.35. The maximum absolute atomic E-state index is 13.4. The van der Waals surface area contributed by atoms with Crippen LogP contribution in [-0.2, 0) is 57.6 Å². The quantitative estimate of drug-likeness (QED) is 0.196. The predicted molar refractivity (Wildman–Crippen MR) is 191 cm³/mol. The number of hydrogen-bond donors (Lipinski definition) is 1. The highest BCUT2D eigenvalue weighted by atomic mass is 35.5. The summed E-state index contributed by atoms with van der Waals surface area (Å²) in [6.45, 7) is 4.75. The minimum absolute atomic E-state index is 0.373. The van der Waals surface area contributed by atoms with Crippen LogP contribution in [0.1, 0.15) is 57.2 Å². The largest absolute Gasteiger partial charge is 0.491 e. The van der Waals surface area contributed by atoms with E-state index in [4.69, 9.17) is 31.3 Å². The first-order valence-corrected chi connectivity index (χ1v) is 17.8. The monoisotopic (exact) mass is 687 g/mol. The highest BCUT2D eigenvalue weighted by Crippen LogP contribution is 2.43. The van der Waals surface area contributed by atoms with Crippen molar-refractivity contribution in [2.75, 3.05) is 32.6 Å². The van der Waals surface area contributed by atoms with Crippen molar-refractivity contribution in [1.29, 1.82) is 0 Å². The van der Waals surface area contributed by atoms with Crippen molar-refractivity contribution in [3.05, 3.63) is 75.0 Å². The van der Waals surface area contributed by atoms with Gasteiger partial charge in [0.05, 0.1) is 47.0 Å². The van der Waals surface area contributed by atoms with E-state index < -0.39 is 0 Å².